The Morgan fingerprint density at radius 3 is 2.32 bits per heavy atom. The van der Waals surface area contributed by atoms with Gasteiger partial charge in [0.1, 0.15) is 6.04 Å². The zero-order chi connectivity index (χ0) is 26.0. The Morgan fingerprint density at radius 2 is 1.68 bits per heavy atom. The molecule has 6 nitrogen and oxygen atoms in total. The average Bonchev–Trinajstić information content (AvgIpc) is 3.29. The fourth-order valence-electron chi connectivity index (χ4n) is 8.60. The maximum Gasteiger partial charge on any atom is 0.328 e. The number of terminal acetylenes is 1. The molecule has 0 saturated heterocycles. The van der Waals surface area contributed by atoms with Crippen molar-refractivity contribution in [2.75, 3.05) is 12.4 Å². The molecule has 2 heterocycles. The van der Waals surface area contributed by atoms with Crippen LogP contribution in [0.4, 0.5) is 5.69 Å². The molecule has 4 aliphatic carbocycles. The molecule has 2 aromatic carbocycles. The highest BCUT2D eigenvalue weighted by Gasteiger charge is 2.51. The van der Waals surface area contributed by atoms with E-state index in [4.69, 9.17) is 11.2 Å². The second kappa shape index (κ2) is 8.66. The van der Waals surface area contributed by atoms with E-state index in [1.54, 1.807) is 0 Å². The van der Waals surface area contributed by atoms with Crippen LogP contribution in [0, 0.1) is 30.1 Å². The lowest BCUT2D eigenvalue weighted by Gasteiger charge is -2.57. The number of para-hydroxylation sites is 1. The van der Waals surface area contributed by atoms with Gasteiger partial charge in [-0.2, -0.15) is 0 Å². The second-order valence-electron chi connectivity index (χ2n) is 12.0. The lowest BCUT2D eigenvalue weighted by molar-refractivity contribution is -0.153. The van der Waals surface area contributed by atoms with E-state index in [9.17, 15) is 9.59 Å². The molecule has 0 radical (unpaired) electrons. The molecule has 8 rings (SSSR count). The predicted octanol–water partition coefficient (Wildman–Crippen LogP) is 5.20. The molecule has 0 unspecified atom stereocenters. The summed E-state index contributed by atoms with van der Waals surface area (Å²) in [5, 5.41) is 4.99. The van der Waals surface area contributed by atoms with Crippen molar-refractivity contribution >= 4 is 28.5 Å². The lowest BCUT2D eigenvalue weighted by Crippen LogP contribution is -2.54. The van der Waals surface area contributed by atoms with E-state index in [0.717, 1.165) is 51.2 Å². The van der Waals surface area contributed by atoms with E-state index < -0.39 is 24.0 Å². The monoisotopic (exact) mass is 507 g/mol. The fourth-order valence-corrected chi connectivity index (χ4v) is 8.60. The van der Waals surface area contributed by atoms with Crippen LogP contribution in [0.5, 0.6) is 0 Å². The minimum absolute atomic E-state index is 0.215. The van der Waals surface area contributed by atoms with Crippen LogP contribution in [0.2, 0.25) is 0 Å². The largest absolute Gasteiger partial charge is 0.467 e. The molecule has 194 valence electrons. The van der Waals surface area contributed by atoms with Gasteiger partial charge in [-0.05, 0) is 91.5 Å². The van der Waals surface area contributed by atoms with Crippen LogP contribution in [-0.4, -0.2) is 40.5 Å². The average molecular weight is 508 g/mol. The van der Waals surface area contributed by atoms with Crippen LogP contribution < -0.4 is 5.32 Å². The van der Waals surface area contributed by atoms with E-state index >= 15 is 0 Å². The topological polar surface area (TPSA) is 74.4 Å². The first-order valence-corrected chi connectivity index (χ1v) is 13.8. The maximum absolute atomic E-state index is 13.1. The van der Waals surface area contributed by atoms with Crippen LogP contribution in [0.1, 0.15) is 61.4 Å². The van der Waals surface area contributed by atoms with Crippen LogP contribution >= 0.6 is 0 Å². The number of aromatic nitrogens is 1. The highest BCUT2D eigenvalue weighted by molar-refractivity contribution is 5.98. The SMILES string of the molecule is C#CC(=O)N1[C@@H](c2ccc(NC34CC5CC(CC(C5)C3)C4)cc2)c2[nH]c3ccccc3c2C[C@@H]1C(=O)OC. The van der Waals surface area contributed by atoms with Gasteiger partial charge in [0, 0.05) is 34.2 Å². The van der Waals surface area contributed by atoms with Gasteiger partial charge in [-0.3, -0.25) is 4.79 Å². The van der Waals surface area contributed by atoms with E-state index in [1.807, 2.05) is 24.3 Å². The highest BCUT2D eigenvalue weighted by atomic mass is 16.5. The standard InChI is InChI=1S/C32H33N3O3/c1-3-28(36)35-27(31(37)38-2)15-25-24-6-4-5-7-26(24)33-29(25)30(35)22-8-10-23(11-9-22)34-32-16-19-12-20(17-32)14-21(13-19)18-32/h1,4-11,19-21,27,30,33-34H,12-18H2,2H3/t19?,20?,21?,27-,30+,32?/m1/s1. The number of H-pyrrole nitrogens is 1. The normalized spacial score (nSPS) is 31.1. The minimum atomic E-state index is -0.801. The van der Waals surface area contributed by atoms with E-state index in [2.05, 4.69) is 40.5 Å². The molecule has 4 saturated carbocycles. The molecule has 6 heteroatoms. The number of hydrogen-bond donors (Lipinski definition) is 2. The Balaban J connectivity index is 1.27. The predicted molar refractivity (Wildman–Crippen MR) is 146 cm³/mol. The van der Waals surface area contributed by atoms with Gasteiger partial charge in [-0.25, -0.2) is 4.79 Å². The van der Waals surface area contributed by atoms with Crippen molar-refractivity contribution in [3.8, 4) is 12.3 Å². The number of esters is 1. The molecule has 5 aliphatic rings. The number of nitrogens with zero attached hydrogens (tertiary/aromatic N) is 1. The number of benzene rings is 2. The lowest BCUT2D eigenvalue weighted by atomic mass is 9.53. The molecule has 4 bridgehead atoms. The first-order valence-electron chi connectivity index (χ1n) is 13.8. The van der Waals surface area contributed by atoms with Gasteiger partial charge in [-0.1, -0.05) is 30.3 Å². The number of carbonyl (C=O) groups is 2. The highest BCUT2D eigenvalue weighted by Crippen LogP contribution is 2.56. The summed E-state index contributed by atoms with van der Waals surface area (Å²) in [5.74, 6) is 3.88. The van der Waals surface area contributed by atoms with Crippen LogP contribution in [0.25, 0.3) is 10.9 Å². The van der Waals surface area contributed by atoms with E-state index in [1.165, 1.54) is 50.5 Å². The third-order valence-corrected chi connectivity index (χ3v) is 9.64. The van der Waals surface area contributed by atoms with Gasteiger partial charge in [0.25, 0.3) is 5.91 Å². The summed E-state index contributed by atoms with van der Waals surface area (Å²) in [5.41, 5.74) is 5.14. The van der Waals surface area contributed by atoms with Gasteiger partial charge in [0.15, 0.2) is 0 Å². The first-order chi connectivity index (χ1) is 18.5. The Bertz CT molecular complexity index is 1430. The molecule has 4 fully saturated rings. The van der Waals surface area contributed by atoms with Gasteiger partial charge in [0.2, 0.25) is 0 Å². The van der Waals surface area contributed by atoms with Gasteiger partial charge in [0.05, 0.1) is 13.2 Å². The molecule has 3 aromatic rings. The first kappa shape index (κ1) is 23.4. The van der Waals surface area contributed by atoms with Crippen LogP contribution in [0.3, 0.4) is 0 Å². The van der Waals surface area contributed by atoms with Crippen molar-refractivity contribution in [1.29, 1.82) is 0 Å². The Labute approximate surface area is 223 Å². The summed E-state index contributed by atoms with van der Waals surface area (Å²) < 4.78 is 5.13. The van der Waals surface area contributed by atoms with Gasteiger partial charge >= 0.3 is 5.97 Å². The molecule has 1 aromatic heterocycles. The summed E-state index contributed by atoms with van der Waals surface area (Å²) in [6.45, 7) is 0. The number of methoxy groups -OCH3 is 1. The molecule has 38 heavy (non-hydrogen) atoms. The summed E-state index contributed by atoms with van der Waals surface area (Å²) in [7, 11) is 1.35. The number of nitrogens with one attached hydrogen (secondary N) is 2. The Hall–Kier alpha value is -3.72. The Morgan fingerprint density at radius 1 is 1.03 bits per heavy atom. The molecule has 1 amide bonds. The zero-order valence-corrected chi connectivity index (χ0v) is 21.7. The molecule has 2 atom stereocenters. The fraction of sp³-hybridized carbons (Fsp3) is 0.438. The number of anilines is 1. The van der Waals surface area contributed by atoms with Crippen molar-refractivity contribution in [1.82, 2.24) is 9.88 Å². The van der Waals surface area contributed by atoms with Gasteiger partial charge < -0.3 is 19.9 Å². The van der Waals surface area contributed by atoms with Crippen molar-refractivity contribution in [3.05, 3.63) is 65.4 Å². The number of ether oxygens (including phenoxy) is 1. The summed E-state index contributed by atoms with van der Waals surface area (Å²) in [4.78, 5) is 31.1. The van der Waals surface area contributed by atoms with Gasteiger partial charge in [-0.15, -0.1) is 6.42 Å². The number of carbonyl (C=O) groups excluding carboxylic acids is 2. The van der Waals surface area contributed by atoms with Crippen molar-refractivity contribution < 1.29 is 14.3 Å². The number of aromatic amines is 1. The molecule has 2 N–H and O–H groups in total. The maximum atomic E-state index is 13.1. The smallest absolute Gasteiger partial charge is 0.328 e. The molecule has 1 aliphatic heterocycles. The van der Waals surface area contributed by atoms with Crippen molar-refractivity contribution in [2.45, 2.75) is 62.6 Å². The van der Waals surface area contributed by atoms with Crippen LogP contribution in [0.15, 0.2) is 48.5 Å². The van der Waals surface area contributed by atoms with Crippen LogP contribution in [-0.2, 0) is 20.7 Å². The summed E-state index contributed by atoms with van der Waals surface area (Å²) in [6, 6.07) is 15.1. The molecule has 0 spiro atoms. The number of rotatable bonds is 4. The summed E-state index contributed by atoms with van der Waals surface area (Å²) in [6.07, 6.45) is 14.0. The number of fused-ring (bicyclic) bond motifs is 3. The minimum Gasteiger partial charge on any atom is -0.467 e. The van der Waals surface area contributed by atoms with Crippen molar-refractivity contribution in [2.24, 2.45) is 17.8 Å². The van der Waals surface area contributed by atoms with E-state index in [0.29, 0.717) is 6.42 Å². The summed E-state index contributed by atoms with van der Waals surface area (Å²) >= 11 is 0. The number of hydrogen-bond acceptors (Lipinski definition) is 4. The Kier molecular flexibility index (Phi) is 5.33. The van der Waals surface area contributed by atoms with E-state index in [-0.39, 0.29) is 5.54 Å². The third kappa shape index (κ3) is 3.63. The van der Waals surface area contributed by atoms with Crippen molar-refractivity contribution in [3.63, 3.8) is 0 Å². The number of amides is 1. The zero-order valence-electron chi connectivity index (χ0n) is 21.7. The quantitative estimate of drug-likeness (QED) is 0.376. The molecular formula is C32H33N3O3. The second-order valence-corrected chi connectivity index (χ2v) is 12.0. The molecular weight excluding hydrogens is 474 g/mol. The third-order valence-electron chi connectivity index (χ3n) is 9.64.